The van der Waals surface area contributed by atoms with Crippen LogP contribution in [0.25, 0.3) is 0 Å². The van der Waals surface area contributed by atoms with Gasteiger partial charge in [0.05, 0.1) is 12.2 Å². The van der Waals surface area contributed by atoms with Crippen LogP contribution in [-0.4, -0.2) is 35.5 Å². The Kier molecular flexibility index (Phi) is 5.44. The molecule has 3 fully saturated rings. The molecule has 0 aromatic heterocycles. The topological polar surface area (TPSA) is 76.0 Å². The fourth-order valence-corrected chi connectivity index (χ4v) is 4.38. The van der Waals surface area contributed by atoms with Crippen LogP contribution in [0.15, 0.2) is 12.1 Å². The Labute approximate surface area is 163 Å². The predicted octanol–water partition coefficient (Wildman–Crippen LogP) is 4.36. The maximum atomic E-state index is 13.7. The molecule has 1 aliphatic carbocycles. The second kappa shape index (κ2) is 7.26. The van der Waals surface area contributed by atoms with Gasteiger partial charge in [-0.1, -0.05) is 20.8 Å². The predicted molar refractivity (Wildman–Crippen MR) is 98.0 cm³/mol. The lowest BCUT2D eigenvalue weighted by Crippen LogP contribution is -2.50. The first-order valence-corrected chi connectivity index (χ1v) is 9.65. The molecule has 1 atom stereocenters. The highest BCUT2D eigenvalue weighted by Gasteiger charge is 2.50. The Morgan fingerprint density at radius 3 is 2.36 bits per heavy atom. The van der Waals surface area contributed by atoms with Crippen molar-refractivity contribution in [3.63, 3.8) is 0 Å². The molecule has 0 radical (unpaired) electrons. The van der Waals surface area contributed by atoms with Crippen molar-refractivity contribution in [3.8, 4) is 5.75 Å². The molecule has 4 rings (SSSR count). The van der Waals surface area contributed by atoms with Crippen molar-refractivity contribution < 1.29 is 33.3 Å². The van der Waals surface area contributed by atoms with Gasteiger partial charge in [0.1, 0.15) is 0 Å². The van der Waals surface area contributed by atoms with E-state index in [1.165, 1.54) is 6.07 Å². The van der Waals surface area contributed by atoms with Gasteiger partial charge in [-0.15, -0.1) is 0 Å². The lowest BCUT2D eigenvalue weighted by Gasteiger charge is -2.53. The van der Waals surface area contributed by atoms with Gasteiger partial charge in [-0.3, -0.25) is 0 Å². The molecule has 2 heterocycles. The molecule has 1 saturated carbocycles. The standard InChI is InChI=1S/C21H28F2O5/c1-19(2,3)17(18(25)26)27-9-8-20-4-6-21(7-5-20,28-12-20)13-10-14(22)16(23)15(24)11-13/h10-11,17,24H,4-9,12H2,1-3H3,(H,25,26). The highest BCUT2D eigenvalue weighted by molar-refractivity contribution is 5.73. The fourth-order valence-electron chi connectivity index (χ4n) is 4.38. The zero-order valence-corrected chi connectivity index (χ0v) is 16.6. The Balaban J connectivity index is 1.64. The molecule has 0 amide bonds. The molecule has 7 heteroatoms. The van der Waals surface area contributed by atoms with Crippen LogP contribution in [-0.2, 0) is 19.9 Å². The lowest BCUT2D eigenvalue weighted by molar-refractivity contribution is -0.197. The summed E-state index contributed by atoms with van der Waals surface area (Å²) < 4.78 is 38.9. The maximum absolute atomic E-state index is 13.7. The molecule has 0 spiro atoms. The van der Waals surface area contributed by atoms with E-state index in [0.29, 0.717) is 38.0 Å². The number of hydrogen-bond donors (Lipinski definition) is 2. The summed E-state index contributed by atoms with van der Waals surface area (Å²) in [6.45, 7) is 6.28. The zero-order valence-electron chi connectivity index (χ0n) is 16.6. The molecule has 156 valence electrons. The van der Waals surface area contributed by atoms with Crippen LogP contribution in [0.1, 0.15) is 58.4 Å². The van der Waals surface area contributed by atoms with Gasteiger partial charge in [-0.25, -0.2) is 9.18 Å². The summed E-state index contributed by atoms with van der Waals surface area (Å²) >= 11 is 0. The number of fused-ring (bicyclic) bond motifs is 3. The molecule has 1 aromatic carbocycles. The monoisotopic (exact) mass is 398 g/mol. The Bertz CT molecular complexity index is 708. The van der Waals surface area contributed by atoms with Gasteiger partial charge in [-0.05, 0) is 60.6 Å². The third kappa shape index (κ3) is 3.87. The minimum Gasteiger partial charge on any atom is -0.505 e. The highest BCUT2D eigenvalue weighted by atomic mass is 19.2. The number of aromatic hydroxyl groups is 1. The fraction of sp³-hybridized carbons (Fsp3) is 0.667. The van der Waals surface area contributed by atoms with Crippen molar-refractivity contribution in [1.82, 2.24) is 0 Å². The van der Waals surface area contributed by atoms with Crippen LogP contribution in [0.3, 0.4) is 0 Å². The van der Waals surface area contributed by atoms with E-state index in [4.69, 9.17) is 9.47 Å². The number of benzene rings is 1. The number of rotatable bonds is 6. The van der Waals surface area contributed by atoms with E-state index < -0.39 is 40.5 Å². The number of carbonyl (C=O) groups is 1. The van der Waals surface area contributed by atoms with Crippen molar-refractivity contribution in [3.05, 3.63) is 29.3 Å². The van der Waals surface area contributed by atoms with Gasteiger partial charge in [0, 0.05) is 6.61 Å². The van der Waals surface area contributed by atoms with Crippen molar-refractivity contribution >= 4 is 5.97 Å². The molecule has 28 heavy (non-hydrogen) atoms. The number of hydrogen-bond acceptors (Lipinski definition) is 4. The van der Waals surface area contributed by atoms with Crippen molar-refractivity contribution in [2.45, 2.75) is 64.6 Å². The van der Waals surface area contributed by atoms with E-state index in [1.54, 1.807) is 0 Å². The number of ether oxygens (including phenoxy) is 2. The molecule has 1 unspecified atom stereocenters. The van der Waals surface area contributed by atoms with Gasteiger partial charge < -0.3 is 19.7 Å². The average Bonchev–Trinajstić information content (AvgIpc) is 2.63. The summed E-state index contributed by atoms with van der Waals surface area (Å²) in [5.41, 5.74) is -0.831. The van der Waals surface area contributed by atoms with Crippen LogP contribution < -0.4 is 0 Å². The van der Waals surface area contributed by atoms with Crippen LogP contribution >= 0.6 is 0 Å². The summed E-state index contributed by atoms with van der Waals surface area (Å²) in [5.74, 6) is -3.99. The Morgan fingerprint density at radius 2 is 1.89 bits per heavy atom. The highest BCUT2D eigenvalue weighted by Crippen LogP contribution is 2.55. The van der Waals surface area contributed by atoms with Crippen LogP contribution in [0.4, 0.5) is 8.78 Å². The summed E-state index contributed by atoms with van der Waals surface area (Å²) in [7, 11) is 0. The zero-order chi connectivity index (χ0) is 20.7. The molecule has 5 nitrogen and oxygen atoms in total. The number of carboxylic acids is 1. The molecule has 2 N–H and O–H groups in total. The Morgan fingerprint density at radius 1 is 1.25 bits per heavy atom. The third-order valence-corrected chi connectivity index (χ3v) is 6.24. The van der Waals surface area contributed by atoms with E-state index in [0.717, 1.165) is 18.9 Å². The average molecular weight is 398 g/mol. The molecular weight excluding hydrogens is 370 g/mol. The number of carboxylic acid groups (broad SMARTS) is 1. The quantitative estimate of drug-likeness (QED) is 0.745. The minimum absolute atomic E-state index is 0.0939. The third-order valence-electron chi connectivity index (χ3n) is 6.24. The van der Waals surface area contributed by atoms with Gasteiger partial charge >= 0.3 is 5.97 Å². The summed E-state index contributed by atoms with van der Waals surface area (Å²) in [5, 5.41) is 19.0. The second-order valence-electron chi connectivity index (χ2n) is 9.28. The first-order valence-electron chi connectivity index (χ1n) is 9.65. The van der Waals surface area contributed by atoms with Crippen LogP contribution in [0, 0.1) is 22.5 Å². The second-order valence-corrected chi connectivity index (χ2v) is 9.28. The van der Waals surface area contributed by atoms with Crippen LogP contribution in [0.5, 0.6) is 5.75 Å². The smallest absolute Gasteiger partial charge is 0.333 e. The number of aliphatic carboxylic acids is 1. The first-order chi connectivity index (χ1) is 13.0. The normalized spacial score (nSPS) is 28.3. The number of phenols is 1. The van der Waals surface area contributed by atoms with Gasteiger partial charge in [0.15, 0.2) is 23.5 Å². The SMILES string of the molecule is CC(C)(C)C(OCCC12CCC(c3cc(O)c(F)c(F)c3)(CC1)OC2)C(=O)O. The van der Waals surface area contributed by atoms with Crippen LogP contribution in [0.2, 0.25) is 0 Å². The summed E-state index contributed by atoms with van der Waals surface area (Å²) in [6.07, 6.45) is 2.73. The van der Waals surface area contributed by atoms with E-state index in [-0.39, 0.29) is 5.41 Å². The lowest BCUT2D eigenvalue weighted by atomic mass is 9.63. The van der Waals surface area contributed by atoms with E-state index in [2.05, 4.69) is 0 Å². The van der Waals surface area contributed by atoms with Crippen molar-refractivity contribution in [2.75, 3.05) is 13.2 Å². The molecule has 1 aromatic rings. The molecule has 2 aliphatic heterocycles. The Hall–Kier alpha value is -1.73. The minimum atomic E-state index is -1.25. The van der Waals surface area contributed by atoms with Gasteiger partial charge in [0.25, 0.3) is 0 Å². The molecule has 2 saturated heterocycles. The van der Waals surface area contributed by atoms with Gasteiger partial charge in [-0.2, -0.15) is 4.39 Å². The number of phenolic OH excluding ortho intramolecular Hbond substituents is 1. The van der Waals surface area contributed by atoms with Gasteiger partial charge in [0.2, 0.25) is 0 Å². The first kappa shape index (κ1) is 21.0. The van der Waals surface area contributed by atoms with E-state index in [1.807, 2.05) is 20.8 Å². The van der Waals surface area contributed by atoms with E-state index in [9.17, 15) is 23.8 Å². The summed E-state index contributed by atoms with van der Waals surface area (Å²) in [6, 6.07) is 2.36. The molecule has 3 aliphatic rings. The van der Waals surface area contributed by atoms with Crippen molar-refractivity contribution in [2.24, 2.45) is 10.8 Å². The maximum Gasteiger partial charge on any atom is 0.333 e. The summed E-state index contributed by atoms with van der Waals surface area (Å²) in [4.78, 5) is 11.4. The molecule has 2 bridgehead atoms. The number of halogens is 2. The van der Waals surface area contributed by atoms with Crippen molar-refractivity contribution in [1.29, 1.82) is 0 Å². The largest absolute Gasteiger partial charge is 0.505 e. The van der Waals surface area contributed by atoms with E-state index >= 15 is 0 Å². The molecular formula is C21H28F2O5.